The van der Waals surface area contributed by atoms with Crippen molar-refractivity contribution in [3.05, 3.63) is 64.0 Å². The highest BCUT2D eigenvalue weighted by Crippen LogP contribution is 2.37. The quantitative estimate of drug-likeness (QED) is 0.459. The number of amidine groups is 1. The molecule has 0 radical (unpaired) electrons. The number of ether oxygens (including phenoxy) is 1. The Morgan fingerprint density at radius 3 is 2.66 bits per heavy atom. The number of hydrogen-bond acceptors (Lipinski definition) is 7. The Kier molecular flexibility index (Phi) is 6.55. The van der Waals surface area contributed by atoms with Crippen molar-refractivity contribution in [2.45, 2.75) is 23.8 Å². The molecule has 4 rings (SSSR count). The largest absolute Gasteiger partial charge is 0.494 e. The van der Waals surface area contributed by atoms with Gasteiger partial charge in [0.2, 0.25) is 5.91 Å². The van der Waals surface area contributed by atoms with Gasteiger partial charge in [0.05, 0.1) is 17.0 Å². The van der Waals surface area contributed by atoms with Crippen LogP contribution in [0.4, 0.5) is 0 Å². The second-order valence-electron chi connectivity index (χ2n) is 6.80. The lowest BCUT2D eigenvalue weighted by Crippen LogP contribution is -2.32. The van der Waals surface area contributed by atoms with Crippen molar-refractivity contribution in [3.63, 3.8) is 0 Å². The number of thioether (sulfide) groups is 1. The highest BCUT2D eigenvalue weighted by Gasteiger charge is 2.35. The first-order valence-electron chi connectivity index (χ1n) is 9.70. The molecular weight excluding hydrogens is 466 g/mol. The van der Waals surface area contributed by atoms with Crippen molar-refractivity contribution in [2.24, 2.45) is 0 Å². The fraction of sp³-hybridized carbons (Fsp3) is 0.130. The summed E-state index contributed by atoms with van der Waals surface area (Å²) in [5, 5.41) is 10.1. The van der Waals surface area contributed by atoms with Gasteiger partial charge in [-0.25, -0.2) is 9.88 Å². The van der Waals surface area contributed by atoms with E-state index in [0.717, 1.165) is 38.2 Å². The van der Waals surface area contributed by atoms with E-state index in [9.17, 15) is 9.59 Å². The van der Waals surface area contributed by atoms with Gasteiger partial charge in [0, 0.05) is 27.8 Å². The monoisotopic (exact) mass is 483 g/mol. The van der Waals surface area contributed by atoms with Gasteiger partial charge < -0.3 is 4.74 Å². The fourth-order valence-corrected chi connectivity index (χ4v) is 5.00. The van der Waals surface area contributed by atoms with E-state index in [2.05, 4.69) is 0 Å². The lowest BCUT2D eigenvalue weighted by molar-refractivity contribution is -0.135. The zero-order valence-electron chi connectivity index (χ0n) is 17.2. The Hall–Kier alpha value is -2.81. The van der Waals surface area contributed by atoms with Crippen LogP contribution in [0.3, 0.4) is 0 Å². The van der Waals surface area contributed by atoms with Crippen LogP contribution in [-0.2, 0) is 9.59 Å². The van der Waals surface area contributed by atoms with Crippen molar-refractivity contribution in [1.82, 2.24) is 9.88 Å². The van der Waals surface area contributed by atoms with E-state index >= 15 is 0 Å². The molecule has 1 N–H and O–H groups in total. The Balaban J connectivity index is 1.81. The minimum absolute atomic E-state index is 0.104. The molecule has 1 saturated heterocycles. The van der Waals surface area contributed by atoms with Gasteiger partial charge in [0.15, 0.2) is 5.17 Å². The number of fused-ring (bicyclic) bond motifs is 1. The molecule has 3 aromatic rings. The highest BCUT2D eigenvalue weighted by atomic mass is 35.5. The van der Waals surface area contributed by atoms with E-state index in [1.165, 1.54) is 18.7 Å². The molecule has 9 heteroatoms. The number of imide groups is 1. The molecule has 6 nitrogen and oxygen atoms in total. The lowest BCUT2D eigenvalue weighted by Gasteiger charge is -2.10. The predicted octanol–water partition coefficient (Wildman–Crippen LogP) is 5.84. The number of hydrogen-bond donors (Lipinski definition) is 1. The molecule has 0 unspecified atom stereocenters. The van der Waals surface area contributed by atoms with Gasteiger partial charge in [-0.3, -0.25) is 15.0 Å². The summed E-state index contributed by atoms with van der Waals surface area (Å²) < 4.78 is 5.60. The summed E-state index contributed by atoms with van der Waals surface area (Å²) in [6.07, 6.45) is 1.68. The average Bonchev–Trinajstić information content (AvgIpc) is 3.03. The van der Waals surface area contributed by atoms with Crippen LogP contribution in [0.1, 0.15) is 19.4 Å². The maximum absolute atomic E-state index is 12.7. The van der Waals surface area contributed by atoms with Gasteiger partial charge in [-0.15, -0.1) is 0 Å². The molecule has 1 aliphatic rings. The number of aromatic nitrogens is 1. The Morgan fingerprint density at radius 2 is 2.00 bits per heavy atom. The number of nitrogens with zero attached hydrogens (tertiary/aromatic N) is 2. The van der Waals surface area contributed by atoms with Crippen LogP contribution in [0.15, 0.2) is 63.4 Å². The molecule has 32 heavy (non-hydrogen) atoms. The maximum atomic E-state index is 12.7. The third-order valence-corrected chi connectivity index (χ3v) is 6.71. The molecule has 162 valence electrons. The first-order chi connectivity index (χ1) is 15.4. The molecule has 1 aromatic heterocycles. The minimum atomic E-state index is -0.502. The molecule has 2 aromatic carbocycles. The number of amides is 2. The molecule has 2 heterocycles. The second kappa shape index (κ2) is 9.36. The Bertz CT molecular complexity index is 1280. The van der Waals surface area contributed by atoms with Crippen LogP contribution >= 0.6 is 35.1 Å². The van der Waals surface area contributed by atoms with Crippen molar-refractivity contribution < 1.29 is 14.3 Å². The lowest BCUT2D eigenvalue weighted by atomic mass is 10.1. The van der Waals surface area contributed by atoms with E-state index in [4.69, 9.17) is 26.7 Å². The number of carbonyl (C=O) groups is 2. The molecule has 0 aliphatic carbocycles. The highest BCUT2D eigenvalue weighted by molar-refractivity contribution is 8.18. The second-order valence-corrected chi connectivity index (χ2v) is 9.33. The molecule has 1 aliphatic heterocycles. The van der Waals surface area contributed by atoms with Gasteiger partial charge in [-0.2, -0.15) is 0 Å². The summed E-state index contributed by atoms with van der Waals surface area (Å²) in [4.78, 5) is 31.4. The van der Waals surface area contributed by atoms with E-state index in [0.29, 0.717) is 27.1 Å². The molecule has 0 spiro atoms. The molecule has 0 saturated carbocycles. The van der Waals surface area contributed by atoms with Gasteiger partial charge in [0.1, 0.15) is 10.8 Å². The summed E-state index contributed by atoms with van der Waals surface area (Å²) in [6.45, 7) is 3.74. The van der Waals surface area contributed by atoms with Gasteiger partial charge in [-0.05, 0) is 73.3 Å². The molecular formula is C23H18ClN3O3S2. The van der Waals surface area contributed by atoms with Crippen LogP contribution in [-0.4, -0.2) is 33.5 Å². The van der Waals surface area contributed by atoms with Crippen molar-refractivity contribution >= 4 is 69.1 Å². The van der Waals surface area contributed by atoms with Crippen LogP contribution in [0.2, 0.25) is 5.02 Å². The third-order valence-electron chi connectivity index (χ3n) is 4.54. The summed E-state index contributed by atoms with van der Waals surface area (Å²) in [7, 11) is 0. The normalized spacial score (nSPS) is 15.1. The standard InChI is InChI=1S/C23H18ClN3O3S2/c1-3-30-17-6-9-19-14(11-17)10-15(12-20-22(29)27(13(2)28)23(25)32-20)21(26-19)31-18-7-4-16(24)5-8-18/h4-12,25H,3H2,1-2H3/b20-12+,25-23?. The molecule has 0 bridgehead atoms. The number of pyridine rings is 1. The topological polar surface area (TPSA) is 83.3 Å². The van der Waals surface area contributed by atoms with Crippen LogP contribution < -0.4 is 4.74 Å². The maximum Gasteiger partial charge on any atom is 0.273 e. The third kappa shape index (κ3) is 4.67. The minimum Gasteiger partial charge on any atom is -0.494 e. The van der Waals surface area contributed by atoms with Gasteiger partial charge in [0.25, 0.3) is 5.91 Å². The first kappa shape index (κ1) is 22.4. The van der Waals surface area contributed by atoms with Crippen LogP contribution in [0.5, 0.6) is 5.75 Å². The molecule has 2 amide bonds. The van der Waals surface area contributed by atoms with Crippen molar-refractivity contribution in [2.75, 3.05) is 6.61 Å². The van der Waals surface area contributed by atoms with E-state index in [1.54, 1.807) is 18.2 Å². The van der Waals surface area contributed by atoms with E-state index < -0.39 is 11.8 Å². The van der Waals surface area contributed by atoms with E-state index in [-0.39, 0.29) is 5.17 Å². The van der Waals surface area contributed by atoms with Crippen LogP contribution in [0, 0.1) is 5.41 Å². The number of halogens is 1. The van der Waals surface area contributed by atoms with Crippen molar-refractivity contribution in [1.29, 1.82) is 5.41 Å². The van der Waals surface area contributed by atoms with Crippen LogP contribution in [0.25, 0.3) is 17.0 Å². The molecule has 0 atom stereocenters. The fourth-order valence-electron chi connectivity index (χ4n) is 3.12. The number of nitrogens with one attached hydrogen (secondary N) is 1. The predicted molar refractivity (Wildman–Crippen MR) is 129 cm³/mol. The number of carbonyl (C=O) groups excluding carboxylic acids is 2. The zero-order chi connectivity index (χ0) is 22.8. The summed E-state index contributed by atoms with van der Waals surface area (Å²) >= 11 is 8.41. The van der Waals surface area contributed by atoms with E-state index in [1.807, 2.05) is 43.3 Å². The smallest absolute Gasteiger partial charge is 0.273 e. The summed E-state index contributed by atoms with van der Waals surface area (Å²) in [6, 6.07) is 15.0. The number of rotatable bonds is 5. The Labute approximate surface area is 198 Å². The average molecular weight is 484 g/mol. The zero-order valence-corrected chi connectivity index (χ0v) is 19.6. The summed E-state index contributed by atoms with van der Waals surface area (Å²) in [5.41, 5.74) is 1.50. The first-order valence-corrected chi connectivity index (χ1v) is 11.7. The Morgan fingerprint density at radius 1 is 1.25 bits per heavy atom. The number of benzene rings is 2. The van der Waals surface area contributed by atoms with Gasteiger partial charge in [-0.1, -0.05) is 23.4 Å². The van der Waals surface area contributed by atoms with Gasteiger partial charge >= 0.3 is 0 Å². The SMILES string of the molecule is CCOc1ccc2nc(Sc3ccc(Cl)cc3)c(/C=C3/SC(=N)N(C(C)=O)C3=O)cc2c1. The summed E-state index contributed by atoms with van der Waals surface area (Å²) in [5.74, 6) is -0.253. The molecule has 1 fully saturated rings. The van der Waals surface area contributed by atoms with Crippen molar-refractivity contribution in [3.8, 4) is 5.75 Å².